The summed E-state index contributed by atoms with van der Waals surface area (Å²) in [6.07, 6.45) is 6.71. The first kappa shape index (κ1) is 14.9. The van der Waals surface area contributed by atoms with E-state index in [1.54, 1.807) is 0 Å². The summed E-state index contributed by atoms with van der Waals surface area (Å²) in [5, 5.41) is 0. The molecule has 0 saturated heterocycles. The standard InChI is InChI=1S/C14H23N3S/c1-3-5-9-17(10-6-4-2)12-7-8-13(14(15)18)16-11-12/h7-8,11H,3-6,9-10H2,1-2H3,(H2,15,18). The molecule has 0 aliphatic carbocycles. The average molecular weight is 265 g/mol. The molecule has 0 spiro atoms. The fourth-order valence-electron chi connectivity index (χ4n) is 1.79. The van der Waals surface area contributed by atoms with E-state index in [2.05, 4.69) is 29.8 Å². The molecule has 0 unspecified atom stereocenters. The number of unbranched alkanes of at least 4 members (excludes halogenated alkanes) is 2. The zero-order valence-corrected chi connectivity index (χ0v) is 12.2. The van der Waals surface area contributed by atoms with Crippen LogP contribution in [0.3, 0.4) is 0 Å². The van der Waals surface area contributed by atoms with E-state index >= 15 is 0 Å². The first-order valence-corrected chi connectivity index (χ1v) is 7.10. The summed E-state index contributed by atoms with van der Waals surface area (Å²) in [4.78, 5) is 7.06. The molecule has 1 rings (SSSR count). The third-order valence-corrected chi connectivity index (χ3v) is 3.14. The van der Waals surface area contributed by atoms with Crippen LogP contribution in [0.5, 0.6) is 0 Å². The lowest BCUT2D eigenvalue weighted by molar-refractivity contribution is 0.677. The molecule has 0 saturated carbocycles. The summed E-state index contributed by atoms with van der Waals surface area (Å²) >= 11 is 4.91. The van der Waals surface area contributed by atoms with Gasteiger partial charge in [0.05, 0.1) is 17.6 Å². The first-order chi connectivity index (χ1) is 8.69. The van der Waals surface area contributed by atoms with Gasteiger partial charge in [0.1, 0.15) is 4.99 Å². The first-order valence-electron chi connectivity index (χ1n) is 6.69. The minimum atomic E-state index is 0.357. The van der Waals surface area contributed by atoms with Crippen molar-refractivity contribution in [2.24, 2.45) is 5.73 Å². The number of nitrogens with two attached hydrogens (primary N) is 1. The predicted molar refractivity (Wildman–Crippen MR) is 82.2 cm³/mol. The fourth-order valence-corrected chi connectivity index (χ4v) is 1.91. The van der Waals surface area contributed by atoms with Crippen LogP contribution in [0.1, 0.15) is 45.2 Å². The second kappa shape index (κ2) is 8.03. The maximum Gasteiger partial charge on any atom is 0.122 e. The van der Waals surface area contributed by atoms with Gasteiger partial charge in [-0.25, -0.2) is 0 Å². The molecule has 0 atom stereocenters. The molecule has 1 heterocycles. The molecule has 0 fully saturated rings. The van der Waals surface area contributed by atoms with Crippen molar-refractivity contribution in [1.29, 1.82) is 0 Å². The van der Waals surface area contributed by atoms with E-state index in [9.17, 15) is 0 Å². The van der Waals surface area contributed by atoms with Gasteiger partial charge in [-0.1, -0.05) is 38.9 Å². The molecule has 4 heteroatoms. The van der Waals surface area contributed by atoms with E-state index in [0.29, 0.717) is 10.7 Å². The smallest absolute Gasteiger partial charge is 0.122 e. The van der Waals surface area contributed by atoms with Crippen LogP contribution in [0, 0.1) is 0 Å². The molecule has 0 amide bonds. The predicted octanol–water partition coefficient (Wildman–Crippen LogP) is 3.12. The van der Waals surface area contributed by atoms with Gasteiger partial charge in [-0.15, -0.1) is 0 Å². The molecular weight excluding hydrogens is 242 g/mol. The number of pyridine rings is 1. The molecule has 0 aromatic carbocycles. The quantitative estimate of drug-likeness (QED) is 0.733. The Balaban J connectivity index is 2.73. The molecule has 0 aliphatic rings. The largest absolute Gasteiger partial charge is 0.388 e. The van der Waals surface area contributed by atoms with Crippen molar-refractivity contribution < 1.29 is 0 Å². The van der Waals surface area contributed by atoms with Crippen LogP contribution in [0.2, 0.25) is 0 Å². The molecule has 0 radical (unpaired) electrons. The maximum absolute atomic E-state index is 5.56. The van der Waals surface area contributed by atoms with Crippen molar-refractivity contribution in [2.45, 2.75) is 39.5 Å². The fraction of sp³-hybridized carbons (Fsp3) is 0.571. The van der Waals surface area contributed by atoms with E-state index in [1.165, 1.54) is 25.7 Å². The second-order valence-electron chi connectivity index (χ2n) is 4.46. The Bertz CT molecular complexity index is 354. The highest BCUT2D eigenvalue weighted by Crippen LogP contribution is 2.15. The van der Waals surface area contributed by atoms with Gasteiger partial charge in [-0.3, -0.25) is 4.98 Å². The van der Waals surface area contributed by atoms with Crippen molar-refractivity contribution in [3.63, 3.8) is 0 Å². The van der Waals surface area contributed by atoms with Crippen molar-refractivity contribution >= 4 is 22.9 Å². The van der Waals surface area contributed by atoms with Crippen molar-refractivity contribution in [3.8, 4) is 0 Å². The highest BCUT2D eigenvalue weighted by molar-refractivity contribution is 7.80. The Morgan fingerprint density at radius 1 is 1.22 bits per heavy atom. The van der Waals surface area contributed by atoms with Crippen LogP contribution in [-0.2, 0) is 0 Å². The lowest BCUT2D eigenvalue weighted by atomic mass is 10.2. The third-order valence-electron chi connectivity index (χ3n) is 2.93. The lowest BCUT2D eigenvalue weighted by Gasteiger charge is -2.24. The number of thiocarbonyl (C=S) groups is 1. The Kier molecular flexibility index (Phi) is 6.65. The van der Waals surface area contributed by atoms with Crippen LogP contribution in [0.4, 0.5) is 5.69 Å². The summed E-state index contributed by atoms with van der Waals surface area (Å²) < 4.78 is 0. The van der Waals surface area contributed by atoms with Crippen molar-refractivity contribution in [3.05, 3.63) is 24.0 Å². The Morgan fingerprint density at radius 3 is 2.22 bits per heavy atom. The van der Waals surface area contributed by atoms with Gasteiger partial charge < -0.3 is 10.6 Å². The number of anilines is 1. The lowest BCUT2D eigenvalue weighted by Crippen LogP contribution is -2.26. The number of rotatable bonds is 8. The highest BCUT2D eigenvalue weighted by atomic mass is 32.1. The molecule has 100 valence electrons. The topological polar surface area (TPSA) is 42.1 Å². The van der Waals surface area contributed by atoms with E-state index in [-0.39, 0.29) is 0 Å². The van der Waals surface area contributed by atoms with Gasteiger partial charge in [0.15, 0.2) is 0 Å². The van der Waals surface area contributed by atoms with Crippen LogP contribution in [0.25, 0.3) is 0 Å². The number of nitrogens with zero attached hydrogens (tertiary/aromatic N) is 2. The summed E-state index contributed by atoms with van der Waals surface area (Å²) in [7, 11) is 0. The van der Waals surface area contributed by atoms with Gasteiger partial charge in [-0.05, 0) is 25.0 Å². The van der Waals surface area contributed by atoms with Gasteiger partial charge in [0.25, 0.3) is 0 Å². The van der Waals surface area contributed by atoms with Crippen molar-refractivity contribution in [1.82, 2.24) is 4.98 Å². The van der Waals surface area contributed by atoms with E-state index in [0.717, 1.165) is 18.8 Å². The molecule has 0 bridgehead atoms. The molecule has 18 heavy (non-hydrogen) atoms. The zero-order chi connectivity index (χ0) is 13.4. The summed E-state index contributed by atoms with van der Waals surface area (Å²) in [5.41, 5.74) is 7.41. The number of hydrogen-bond acceptors (Lipinski definition) is 3. The number of hydrogen-bond donors (Lipinski definition) is 1. The van der Waals surface area contributed by atoms with E-state index < -0.39 is 0 Å². The number of aromatic nitrogens is 1. The molecular formula is C14H23N3S. The van der Waals surface area contributed by atoms with Gasteiger partial charge in [0.2, 0.25) is 0 Å². The molecule has 1 aromatic rings. The summed E-state index contributed by atoms with van der Waals surface area (Å²) in [6, 6.07) is 3.97. The highest BCUT2D eigenvalue weighted by Gasteiger charge is 2.06. The van der Waals surface area contributed by atoms with Gasteiger partial charge in [0, 0.05) is 13.1 Å². The molecule has 1 aromatic heterocycles. The van der Waals surface area contributed by atoms with Crippen LogP contribution >= 0.6 is 12.2 Å². The maximum atomic E-state index is 5.56. The zero-order valence-electron chi connectivity index (χ0n) is 11.4. The van der Waals surface area contributed by atoms with Gasteiger partial charge in [-0.2, -0.15) is 0 Å². The molecule has 2 N–H and O–H groups in total. The van der Waals surface area contributed by atoms with Crippen LogP contribution in [-0.4, -0.2) is 23.1 Å². The third kappa shape index (κ3) is 4.61. The minimum absolute atomic E-state index is 0.357. The molecule has 3 nitrogen and oxygen atoms in total. The average Bonchev–Trinajstić information content (AvgIpc) is 2.39. The summed E-state index contributed by atoms with van der Waals surface area (Å²) in [6.45, 7) is 6.60. The van der Waals surface area contributed by atoms with Crippen molar-refractivity contribution in [2.75, 3.05) is 18.0 Å². The minimum Gasteiger partial charge on any atom is -0.388 e. The summed E-state index contributed by atoms with van der Waals surface area (Å²) in [5.74, 6) is 0. The van der Waals surface area contributed by atoms with Gasteiger partial charge >= 0.3 is 0 Å². The SMILES string of the molecule is CCCCN(CCCC)c1ccc(C(N)=S)nc1. The Labute approximate surface area is 115 Å². The van der Waals surface area contributed by atoms with E-state index in [4.69, 9.17) is 18.0 Å². The normalized spacial score (nSPS) is 10.3. The second-order valence-corrected chi connectivity index (χ2v) is 4.90. The Morgan fingerprint density at radius 2 is 1.83 bits per heavy atom. The van der Waals surface area contributed by atoms with E-state index in [1.807, 2.05) is 12.3 Å². The monoisotopic (exact) mass is 265 g/mol. The van der Waals surface area contributed by atoms with Crippen LogP contribution < -0.4 is 10.6 Å². The Hall–Kier alpha value is -1.16. The van der Waals surface area contributed by atoms with Crippen LogP contribution in [0.15, 0.2) is 18.3 Å². The molecule has 0 aliphatic heterocycles.